The van der Waals surface area contributed by atoms with Crippen LogP contribution in [-0.2, 0) is 19.1 Å². The Morgan fingerprint density at radius 3 is 2.20 bits per heavy atom. The molecule has 7 nitrogen and oxygen atoms in total. The minimum absolute atomic E-state index is 0.181. The summed E-state index contributed by atoms with van der Waals surface area (Å²) in [4.78, 5) is 33.8. The molecule has 0 aromatic carbocycles. The number of ether oxygens (including phenoxy) is 2. The standard InChI is InChI=1S/C13H19N3O4/c1-5-19-11(17)10(12(18)20-6-2)9-7-8-14-13(15-9)16(3)4/h7-8,10H,5-6H2,1-4H3. The van der Waals surface area contributed by atoms with Gasteiger partial charge in [-0.25, -0.2) is 9.97 Å². The summed E-state index contributed by atoms with van der Waals surface area (Å²) in [5.41, 5.74) is 0.264. The van der Waals surface area contributed by atoms with Gasteiger partial charge in [-0.3, -0.25) is 9.59 Å². The third kappa shape index (κ3) is 3.91. The zero-order valence-electron chi connectivity index (χ0n) is 12.1. The minimum atomic E-state index is -1.18. The number of anilines is 1. The molecule has 1 rings (SSSR count). The van der Waals surface area contributed by atoms with E-state index in [0.29, 0.717) is 5.95 Å². The number of rotatable bonds is 6. The first kappa shape index (κ1) is 15.9. The molecule has 0 saturated heterocycles. The highest BCUT2D eigenvalue weighted by molar-refractivity contribution is 6.00. The van der Waals surface area contributed by atoms with Crippen molar-refractivity contribution in [3.8, 4) is 0 Å². The highest BCUT2D eigenvalue weighted by Gasteiger charge is 2.33. The lowest BCUT2D eigenvalue weighted by atomic mass is 10.1. The van der Waals surface area contributed by atoms with Crippen LogP contribution in [0.2, 0.25) is 0 Å². The Kier molecular flexibility index (Phi) is 5.89. The summed E-state index contributed by atoms with van der Waals surface area (Å²) in [6, 6.07) is 1.51. The second-order valence-corrected chi connectivity index (χ2v) is 4.11. The molecule has 0 spiro atoms. The summed E-state index contributed by atoms with van der Waals surface area (Å²) >= 11 is 0. The second kappa shape index (κ2) is 7.42. The van der Waals surface area contributed by atoms with E-state index < -0.39 is 17.9 Å². The van der Waals surface area contributed by atoms with E-state index in [1.165, 1.54) is 12.3 Å². The van der Waals surface area contributed by atoms with Crippen molar-refractivity contribution in [1.29, 1.82) is 0 Å². The van der Waals surface area contributed by atoms with Crippen LogP contribution in [0.1, 0.15) is 25.5 Å². The number of carbonyl (C=O) groups is 2. The van der Waals surface area contributed by atoms with Gasteiger partial charge in [0.05, 0.1) is 18.9 Å². The van der Waals surface area contributed by atoms with Gasteiger partial charge in [-0.2, -0.15) is 0 Å². The van der Waals surface area contributed by atoms with Crippen molar-refractivity contribution < 1.29 is 19.1 Å². The number of hydrogen-bond donors (Lipinski definition) is 0. The Bertz CT molecular complexity index is 458. The molecule has 0 saturated carbocycles. The van der Waals surface area contributed by atoms with Gasteiger partial charge in [-0.05, 0) is 19.9 Å². The van der Waals surface area contributed by atoms with Crippen molar-refractivity contribution in [2.75, 3.05) is 32.2 Å². The van der Waals surface area contributed by atoms with E-state index in [2.05, 4.69) is 9.97 Å². The molecule has 7 heteroatoms. The minimum Gasteiger partial charge on any atom is -0.465 e. The Labute approximate surface area is 117 Å². The van der Waals surface area contributed by atoms with E-state index in [1.807, 2.05) is 0 Å². The van der Waals surface area contributed by atoms with E-state index in [-0.39, 0.29) is 18.9 Å². The molecule has 0 fully saturated rings. The molecule has 1 aromatic heterocycles. The van der Waals surface area contributed by atoms with Crippen molar-refractivity contribution in [2.24, 2.45) is 0 Å². The van der Waals surface area contributed by atoms with E-state index in [4.69, 9.17) is 9.47 Å². The van der Waals surface area contributed by atoms with Gasteiger partial charge < -0.3 is 14.4 Å². The van der Waals surface area contributed by atoms with Crippen molar-refractivity contribution in [1.82, 2.24) is 9.97 Å². The molecule has 20 heavy (non-hydrogen) atoms. The van der Waals surface area contributed by atoms with Crippen molar-refractivity contribution in [3.63, 3.8) is 0 Å². The van der Waals surface area contributed by atoms with E-state index in [9.17, 15) is 9.59 Å². The van der Waals surface area contributed by atoms with Crippen LogP contribution in [-0.4, -0.2) is 49.2 Å². The van der Waals surface area contributed by atoms with E-state index >= 15 is 0 Å². The molecule has 1 aromatic rings. The fourth-order valence-electron chi connectivity index (χ4n) is 1.53. The SMILES string of the molecule is CCOC(=O)C(C(=O)OCC)c1ccnc(N(C)C)n1. The number of nitrogens with zero attached hydrogens (tertiary/aromatic N) is 3. The predicted octanol–water partition coefficient (Wildman–Crippen LogP) is 0.752. The Morgan fingerprint density at radius 2 is 1.75 bits per heavy atom. The molecule has 0 aliphatic carbocycles. The molecule has 0 aliphatic heterocycles. The lowest BCUT2D eigenvalue weighted by molar-refractivity contribution is -0.157. The second-order valence-electron chi connectivity index (χ2n) is 4.11. The third-order valence-corrected chi connectivity index (χ3v) is 2.40. The topological polar surface area (TPSA) is 81.6 Å². The average molecular weight is 281 g/mol. The Hall–Kier alpha value is -2.18. The maximum atomic E-state index is 11.9. The van der Waals surface area contributed by atoms with Crippen LogP contribution >= 0.6 is 0 Å². The van der Waals surface area contributed by atoms with Gasteiger partial charge in [0, 0.05) is 20.3 Å². The highest BCUT2D eigenvalue weighted by atomic mass is 16.6. The Morgan fingerprint density at radius 1 is 1.20 bits per heavy atom. The van der Waals surface area contributed by atoms with Crippen LogP contribution in [0.3, 0.4) is 0 Å². The number of esters is 2. The summed E-state index contributed by atoms with van der Waals surface area (Å²) in [6.07, 6.45) is 1.49. The van der Waals surface area contributed by atoms with Crippen LogP contribution in [0.15, 0.2) is 12.3 Å². The lowest BCUT2D eigenvalue weighted by Crippen LogP contribution is -2.27. The fraction of sp³-hybridized carbons (Fsp3) is 0.538. The highest BCUT2D eigenvalue weighted by Crippen LogP contribution is 2.19. The molecule has 0 amide bonds. The predicted molar refractivity (Wildman–Crippen MR) is 72.4 cm³/mol. The van der Waals surface area contributed by atoms with Crippen molar-refractivity contribution >= 4 is 17.9 Å². The van der Waals surface area contributed by atoms with E-state index in [0.717, 1.165) is 0 Å². The summed E-state index contributed by atoms with van der Waals surface area (Å²) in [7, 11) is 3.53. The number of carbonyl (C=O) groups excluding carboxylic acids is 2. The first-order chi connectivity index (χ1) is 9.51. The Balaban J connectivity index is 3.12. The molecule has 0 N–H and O–H groups in total. The lowest BCUT2D eigenvalue weighted by Gasteiger charge is -2.16. The van der Waals surface area contributed by atoms with Crippen LogP contribution in [0.5, 0.6) is 0 Å². The van der Waals surface area contributed by atoms with E-state index in [1.54, 1.807) is 32.8 Å². The summed E-state index contributed by atoms with van der Waals surface area (Å²) in [5, 5.41) is 0. The first-order valence-electron chi connectivity index (χ1n) is 6.34. The van der Waals surface area contributed by atoms with Crippen LogP contribution < -0.4 is 4.90 Å². The number of aromatic nitrogens is 2. The first-order valence-corrected chi connectivity index (χ1v) is 6.34. The van der Waals surface area contributed by atoms with Crippen molar-refractivity contribution in [3.05, 3.63) is 18.0 Å². The zero-order valence-corrected chi connectivity index (χ0v) is 12.1. The maximum Gasteiger partial charge on any atom is 0.326 e. The monoisotopic (exact) mass is 281 g/mol. The average Bonchev–Trinajstić information content (AvgIpc) is 2.40. The zero-order chi connectivity index (χ0) is 15.1. The largest absolute Gasteiger partial charge is 0.465 e. The van der Waals surface area contributed by atoms with Crippen LogP contribution in [0.25, 0.3) is 0 Å². The van der Waals surface area contributed by atoms with Gasteiger partial charge in [0.15, 0.2) is 5.92 Å². The van der Waals surface area contributed by atoms with Crippen LogP contribution in [0.4, 0.5) is 5.95 Å². The molecular formula is C13H19N3O4. The van der Waals surface area contributed by atoms with Gasteiger partial charge in [0.1, 0.15) is 0 Å². The van der Waals surface area contributed by atoms with Gasteiger partial charge in [0.2, 0.25) is 5.95 Å². The third-order valence-electron chi connectivity index (χ3n) is 2.40. The van der Waals surface area contributed by atoms with Gasteiger partial charge in [0.25, 0.3) is 0 Å². The van der Waals surface area contributed by atoms with Crippen LogP contribution in [0, 0.1) is 0 Å². The fourth-order valence-corrected chi connectivity index (χ4v) is 1.53. The summed E-state index contributed by atoms with van der Waals surface area (Å²) in [5.74, 6) is -2.12. The van der Waals surface area contributed by atoms with Gasteiger partial charge >= 0.3 is 11.9 Å². The molecule has 0 atom stereocenters. The summed E-state index contributed by atoms with van der Waals surface area (Å²) in [6.45, 7) is 3.71. The summed E-state index contributed by atoms with van der Waals surface area (Å²) < 4.78 is 9.82. The molecule has 0 bridgehead atoms. The quantitative estimate of drug-likeness (QED) is 0.562. The molecule has 0 unspecified atom stereocenters. The molecular weight excluding hydrogens is 262 g/mol. The molecule has 1 heterocycles. The molecule has 0 aliphatic rings. The number of hydrogen-bond acceptors (Lipinski definition) is 7. The van der Waals surface area contributed by atoms with Gasteiger partial charge in [-0.1, -0.05) is 0 Å². The smallest absolute Gasteiger partial charge is 0.326 e. The normalized spacial score (nSPS) is 10.2. The maximum absolute atomic E-state index is 11.9. The molecule has 110 valence electrons. The molecule has 0 radical (unpaired) electrons. The van der Waals surface area contributed by atoms with Gasteiger partial charge in [-0.15, -0.1) is 0 Å². The van der Waals surface area contributed by atoms with Crippen molar-refractivity contribution in [2.45, 2.75) is 19.8 Å².